The lowest BCUT2D eigenvalue weighted by atomic mass is 10.2. The molecule has 0 radical (unpaired) electrons. The third-order valence-corrected chi connectivity index (χ3v) is 2.46. The van der Waals surface area contributed by atoms with Crippen LogP contribution >= 0.6 is 0 Å². The molecule has 0 aliphatic carbocycles. The molecule has 0 aliphatic heterocycles. The Morgan fingerprint density at radius 2 is 1.79 bits per heavy atom. The van der Waals surface area contributed by atoms with Gasteiger partial charge in [-0.25, -0.2) is 0 Å². The average Bonchev–Trinajstić information content (AvgIpc) is 2.46. The Kier molecular flexibility index (Phi) is 4.14. The molecule has 4 heteroatoms. The molecule has 0 aromatic heterocycles. The van der Waals surface area contributed by atoms with E-state index >= 15 is 0 Å². The molecular weight excluding hydrogens is 240 g/mol. The Bertz CT molecular complexity index is 603. The molecule has 0 bridgehead atoms. The number of hydrogen-bond acceptors (Lipinski definition) is 3. The summed E-state index contributed by atoms with van der Waals surface area (Å²) in [4.78, 5) is 12.1. The van der Waals surface area contributed by atoms with Gasteiger partial charge in [-0.1, -0.05) is 30.3 Å². The van der Waals surface area contributed by atoms with E-state index in [2.05, 4.69) is 5.32 Å². The summed E-state index contributed by atoms with van der Waals surface area (Å²) in [6, 6.07) is 17.9. The maximum absolute atomic E-state index is 12.1. The quantitative estimate of drug-likeness (QED) is 0.910. The number of amides is 1. The topological polar surface area (TPSA) is 62.1 Å². The fourth-order valence-corrected chi connectivity index (χ4v) is 1.61. The molecule has 0 aliphatic rings. The molecule has 0 unspecified atom stereocenters. The molecule has 0 saturated heterocycles. The molecule has 19 heavy (non-hydrogen) atoms. The second kappa shape index (κ2) is 6.22. The van der Waals surface area contributed by atoms with Gasteiger partial charge in [-0.05, 0) is 24.3 Å². The van der Waals surface area contributed by atoms with E-state index in [-0.39, 0.29) is 12.5 Å². The van der Waals surface area contributed by atoms with Crippen molar-refractivity contribution in [3.05, 3.63) is 60.2 Å². The average molecular weight is 252 g/mol. The highest BCUT2D eigenvalue weighted by molar-refractivity contribution is 6.06. The Morgan fingerprint density at radius 3 is 2.53 bits per heavy atom. The van der Waals surface area contributed by atoms with E-state index in [1.165, 1.54) is 0 Å². The third-order valence-electron chi connectivity index (χ3n) is 2.46. The predicted octanol–water partition coefficient (Wildman–Crippen LogP) is 2.84. The van der Waals surface area contributed by atoms with Crippen LogP contribution < -0.4 is 10.1 Å². The standard InChI is InChI=1S/C15H12N2O2/c16-10-11-19-14-9-5-4-8-13(14)15(18)17-12-6-2-1-3-7-12/h1-9H,11H2,(H,17,18). The van der Waals surface area contributed by atoms with Gasteiger partial charge in [-0.2, -0.15) is 5.26 Å². The van der Waals surface area contributed by atoms with Crippen LogP contribution in [0.3, 0.4) is 0 Å². The van der Waals surface area contributed by atoms with Crippen LogP contribution in [-0.2, 0) is 0 Å². The largest absolute Gasteiger partial charge is 0.478 e. The summed E-state index contributed by atoms with van der Waals surface area (Å²) in [5.41, 5.74) is 1.11. The van der Waals surface area contributed by atoms with Gasteiger partial charge in [0.05, 0.1) is 5.56 Å². The number of carbonyl (C=O) groups is 1. The van der Waals surface area contributed by atoms with E-state index in [0.717, 1.165) is 0 Å². The monoisotopic (exact) mass is 252 g/mol. The van der Waals surface area contributed by atoms with Crippen molar-refractivity contribution in [1.29, 1.82) is 5.26 Å². The number of carbonyl (C=O) groups excluding carboxylic acids is 1. The summed E-state index contributed by atoms with van der Waals surface area (Å²) in [6.45, 7) is -0.0877. The maximum Gasteiger partial charge on any atom is 0.259 e. The molecule has 0 heterocycles. The molecule has 0 saturated carbocycles. The first kappa shape index (κ1) is 12.7. The van der Waals surface area contributed by atoms with Crippen molar-refractivity contribution in [2.24, 2.45) is 0 Å². The lowest BCUT2D eigenvalue weighted by Crippen LogP contribution is -2.13. The van der Waals surface area contributed by atoms with Crippen LogP contribution in [0.25, 0.3) is 0 Å². The number of benzene rings is 2. The number of rotatable bonds is 4. The lowest BCUT2D eigenvalue weighted by molar-refractivity contribution is 0.102. The lowest BCUT2D eigenvalue weighted by Gasteiger charge is -2.09. The van der Waals surface area contributed by atoms with Crippen LogP contribution in [-0.4, -0.2) is 12.5 Å². The van der Waals surface area contributed by atoms with Crippen molar-refractivity contribution < 1.29 is 9.53 Å². The second-order valence-electron chi connectivity index (χ2n) is 3.76. The number of anilines is 1. The van der Waals surface area contributed by atoms with Crippen LogP contribution in [0, 0.1) is 11.3 Å². The summed E-state index contributed by atoms with van der Waals surface area (Å²) < 4.78 is 5.22. The van der Waals surface area contributed by atoms with Crippen molar-refractivity contribution in [3.63, 3.8) is 0 Å². The molecule has 2 rings (SSSR count). The van der Waals surface area contributed by atoms with Gasteiger partial charge in [0.25, 0.3) is 5.91 Å². The van der Waals surface area contributed by atoms with Gasteiger partial charge in [-0.15, -0.1) is 0 Å². The number of hydrogen-bond donors (Lipinski definition) is 1. The molecule has 2 aromatic carbocycles. The first-order valence-electron chi connectivity index (χ1n) is 5.76. The van der Waals surface area contributed by atoms with Gasteiger partial charge in [0.15, 0.2) is 6.61 Å². The molecular formula is C15H12N2O2. The molecule has 1 N–H and O–H groups in total. The Labute approximate surface area is 111 Å². The number of nitrogens with one attached hydrogen (secondary N) is 1. The van der Waals surface area contributed by atoms with Gasteiger partial charge >= 0.3 is 0 Å². The second-order valence-corrected chi connectivity index (χ2v) is 3.76. The summed E-state index contributed by atoms with van der Waals surface area (Å²) in [5.74, 6) is 0.136. The third kappa shape index (κ3) is 3.33. The van der Waals surface area contributed by atoms with Gasteiger partial charge in [0.1, 0.15) is 11.8 Å². The number of ether oxygens (including phenoxy) is 1. The summed E-state index contributed by atoms with van der Waals surface area (Å²) in [5, 5.41) is 11.3. The first-order valence-corrected chi connectivity index (χ1v) is 5.76. The Hall–Kier alpha value is -2.80. The van der Waals surface area contributed by atoms with Crippen molar-refractivity contribution in [2.45, 2.75) is 0 Å². The number of nitrogens with zero attached hydrogens (tertiary/aromatic N) is 1. The Morgan fingerprint density at radius 1 is 1.11 bits per heavy atom. The minimum atomic E-state index is -0.264. The smallest absolute Gasteiger partial charge is 0.259 e. The SMILES string of the molecule is N#CCOc1ccccc1C(=O)Nc1ccccc1. The minimum absolute atomic E-state index is 0.0877. The molecule has 1 amide bonds. The van der Waals surface area contributed by atoms with Crippen LogP contribution in [0.4, 0.5) is 5.69 Å². The van der Waals surface area contributed by atoms with E-state index in [9.17, 15) is 4.79 Å². The van der Waals surface area contributed by atoms with Crippen molar-refractivity contribution in [2.75, 3.05) is 11.9 Å². The van der Waals surface area contributed by atoms with Gasteiger partial charge in [0, 0.05) is 5.69 Å². The van der Waals surface area contributed by atoms with Gasteiger partial charge < -0.3 is 10.1 Å². The van der Waals surface area contributed by atoms with Crippen LogP contribution in [0.5, 0.6) is 5.75 Å². The van der Waals surface area contributed by atoms with E-state index in [0.29, 0.717) is 17.0 Å². The van der Waals surface area contributed by atoms with E-state index < -0.39 is 0 Å². The minimum Gasteiger partial charge on any atom is -0.478 e. The zero-order valence-electron chi connectivity index (χ0n) is 10.2. The number of nitriles is 1. The maximum atomic E-state index is 12.1. The fourth-order valence-electron chi connectivity index (χ4n) is 1.61. The normalized spacial score (nSPS) is 9.42. The van der Waals surface area contributed by atoms with Crippen LogP contribution in [0.2, 0.25) is 0 Å². The number of para-hydroxylation sites is 2. The van der Waals surface area contributed by atoms with Gasteiger partial charge in [0.2, 0.25) is 0 Å². The fraction of sp³-hybridized carbons (Fsp3) is 0.0667. The highest BCUT2D eigenvalue weighted by Gasteiger charge is 2.11. The van der Waals surface area contributed by atoms with E-state index in [1.54, 1.807) is 36.4 Å². The van der Waals surface area contributed by atoms with Crippen molar-refractivity contribution in [3.8, 4) is 11.8 Å². The zero-order valence-corrected chi connectivity index (χ0v) is 10.2. The highest BCUT2D eigenvalue weighted by atomic mass is 16.5. The first-order chi connectivity index (χ1) is 9.31. The van der Waals surface area contributed by atoms with Crippen LogP contribution in [0.1, 0.15) is 10.4 Å². The van der Waals surface area contributed by atoms with Crippen LogP contribution in [0.15, 0.2) is 54.6 Å². The summed E-state index contributed by atoms with van der Waals surface area (Å²) in [7, 11) is 0. The highest BCUT2D eigenvalue weighted by Crippen LogP contribution is 2.19. The zero-order chi connectivity index (χ0) is 13.5. The molecule has 94 valence electrons. The summed E-state index contributed by atoms with van der Waals surface area (Å²) in [6.07, 6.45) is 0. The van der Waals surface area contributed by atoms with Crippen molar-refractivity contribution >= 4 is 11.6 Å². The molecule has 0 spiro atoms. The van der Waals surface area contributed by atoms with E-state index in [1.807, 2.05) is 24.3 Å². The molecule has 2 aromatic rings. The predicted molar refractivity (Wildman–Crippen MR) is 71.9 cm³/mol. The molecule has 4 nitrogen and oxygen atoms in total. The van der Waals surface area contributed by atoms with Gasteiger partial charge in [-0.3, -0.25) is 4.79 Å². The summed E-state index contributed by atoms with van der Waals surface area (Å²) >= 11 is 0. The molecule has 0 fully saturated rings. The van der Waals surface area contributed by atoms with Crippen molar-refractivity contribution in [1.82, 2.24) is 0 Å². The Balaban J connectivity index is 2.17. The molecule has 0 atom stereocenters. The van der Waals surface area contributed by atoms with E-state index in [4.69, 9.17) is 10.00 Å².